The number of carbonyl (C=O) groups excluding carboxylic acids is 1. The van der Waals surface area contributed by atoms with Crippen LogP contribution in [0.2, 0.25) is 0 Å². The molecule has 24 heavy (non-hydrogen) atoms. The van der Waals surface area contributed by atoms with E-state index in [1.807, 2.05) is 20.8 Å². The summed E-state index contributed by atoms with van der Waals surface area (Å²) in [6.45, 7) is 6.43. The number of hydrogen-bond acceptors (Lipinski definition) is 3. The number of ether oxygens (including phenoxy) is 1. The number of rotatable bonds is 1. The molecule has 6 nitrogen and oxygen atoms in total. The van der Waals surface area contributed by atoms with Gasteiger partial charge in [-0.3, -0.25) is 4.57 Å². The number of piperidine rings is 1. The van der Waals surface area contributed by atoms with Crippen LogP contribution < -0.4 is 5.69 Å². The van der Waals surface area contributed by atoms with E-state index in [1.165, 1.54) is 10.6 Å². The molecule has 1 aromatic heterocycles. The highest BCUT2D eigenvalue weighted by atomic mass is 19.1. The van der Waals surface area contributed by atoms with Crippen molar-refractivity contribution in [2.45, 2.75) is 45.3 Å². The second-order valence-electron chi connectivity index (χ2n) is 7.13. The van der Waals surface area contributed by atoms with Gasteiger partial charge in [-0.2, -0.15) is 0 Å². The third-order valence-corrected chi connectivity index (χ3v) is 4.17. The van der Waals surface area contributed by atoms with Crippen molar-refractivity contribution in [3.8, 4) is 0 Å². The van der Waals surface area contributed by atoms with E-state index in [2.05, 4.69) is 4.98 Å². The maximum atomic E-state index is 14.1. The van der Waals surface area contributed by atoms with Gasteiger partial charge in [0.2, 0.25) is 0 Å². The number of likely N-dealkylation sites (tertiary alicyclic amines) is 1. The zero-order chi connectivity index (χ0) is 17.5. The first kappa shape index (κ1) is 16.5. The summed E-state index contributed by atoms with van der Waals surface area (Å²) in [6.07, 6.45) is 0.819. The lowest BCUT2D eigenvalue weighted by Crippen LogP contribution is -2.43. The fourth-order valence-electron chi connectivity index (χ4n) is 3.12. The molecule has 7 heteroatoms. The van der Waals surface area contributed by atoms with E-state index in [0.29, 0.717) is 37.0 Å². The smallest absolute Gasteiger partial charge is 0.410 e. The molecule has 1 aromatic carbocycles. The van der Waals surface area contributed by atoms with Crippen LogP contribution in [0.15, 0.2) is 23.0 Å². The number of fused-ring (bicyclic) bond motifs is 1. The zero-order valence-electron chi connectivity index (χ0n) is 14.1. The molecule has 1 N–H and O–H groups in total. The fraction of sp³-hybridized carbons (Fsp3) is 0.529. The Labute approximate surface area is 139 Å². The molecule has 0 radical (unpaired) electrons. The number of hydrogen-bond donors (Lipinski definition) is 1. The first-order valence-electron chi connectivity index (χ1n) is 8.13. The van der Waals surface area contributed by atoms with E-state index in [4.69, 9.17) is 4.74 Å². The average molecular weight is 335 g/mol. The van der Waals surface area contributed by atoms with Crippen LogP contribution in [0.5, 0.6) is 0 Å². The summed E-state index contributed by atoms with van der Waals surface area (Å²) in [5.74, 6) is -0.416. The van der Waals surface area contributed by atoms with Crippen molar-refractivity contribution >= 4 is 17.1 Å². The van der Waals surface area contributed by atoms with Gasteiger partial charge in [0.05, 0.1) is 5.52 Å². The molecule has 1 amide bonds. The predicted molar refractivity (Wildman–Crippen MR) is 88.6 cm³/mol. The van der Waals surface area contributed by atoms with Crippen LogP contribution >= 0.6 is 0 Å². The third-order valence-electron chi connectivity index (χ3n) is 4.17. The molecule has 0 saturated carbocycles. The Bertz CT molecular complexity index is 811. The molecular formula is C17H22FN3O3. The SMILES string of the molecule is CC(C)(C)OC(=O)N1CCC(n2c(=O)[nH]c3cccc(F)c32)CC1. The van der Waals surface area contributed by atoms with Gasteiger partial charge >= 0.3 is 11.8 Å². The second-order valence-corrected chi connectivity index (χ2v) is 7.13. The third kappa shape index (κ3) is 3.16. The van der Waals surface area contributed by atoms with Gasteiger partial charge in [0.1, 0.15) is 16.9 Å². The number of nitrogens with one attached hydrogen (secondary N) is 1. The minimum absolute atomic E-state index is 0.137. The Morgan fingerprint density at radius 3 is 2.58 bits per heavy atom. The molecule has 0 aliphatic carbocycles. The van der Waals surface area contributed by atoms with Crippen molar-refractivity contribution in [3.05, 3.63) is 34.5 Å². The number of aromatic nitrogens is 2. The molecule has 1 aliphatic rings. The number of benzene rings is 1. The van der Waals surface area contributed by atoms with Gasteiger partial charge in [-0.15, -0.1) is 0 Å². The van der Waals surface area contributed by atoms with E-state index in [-0.39, 0.29) is 17.8 Å². The summed E-state index contributed by atoms with van der Waals surface area (Å²) < 4.78 is 21.0. The van der Waals surface area contributed by atoms with Crippen LogP contribution in [0, 0.1) is 5.82 Å². The Morgan fingerprint density at radius 1 is 1.29 bits per heavy atom. The van der Waals surface area contributed by atoms with Gasteiger partial charge < -0.3 is 14.6 Å². The first-order valence-corrected chi connectivity index (χ1v) is 8.13. The van der Waals surface area contributed by atoms with Gasteiger partial charge in [-0.25, -0.2) is 14.0 Å². The summed E-state index contributed by atoms with van der Waals surface area (Å²) in [6, 6.07) is 4.47. The molecule has 1 saturated heterocycles. The highest BCUT2D eigenvalue weighted by molar-refractivity contribution is 5.76. The summed E-state index contributed by atoms with van der Waals surface area (Å²) in [4.78, 5) is 28.7. The molecule has 2 heterocycles. The quantitative estimate of drug-likeness (QED) is 0.871. The number of halogens is 1. The summed E-state index contributed by atoms with van der Waals surface area (Å²) >= 11 is 0. The molecule has 0 bridgehead atoms. The maximum Gasteiger partial charge on any atom is 0.410 e. The van der Waals surface area contributed by atoms with E-state index in [1.54, 1.807) is 17.0 Å². The molecule has 2 aromatic rings. The van der Waals surface area contributed by atoms with Crippen molar-refractivity contribution in [1.29, 1.82) is 0 Å². The summed E-state index contributed by atoms with van der Waals surface area (Å²) in [5, 5.41) is 0. The summed E-state index contributed by atoms with van der Waals surface area (Å²) in [7, 11) is 0. The van der Waals surface area contributed by atoms with Crippen molar-refractivity contribution in [1.82, 2.24) is 14.5 Å². The standard InChI is InChI=1S/C17H22FN3O3/c1-17(2,3)24-16(23)20-9-7-11(8-10-20)21-14-12(18)5-4-6-13(14)19-15(21)22/h4-6,11H,7-10H2,1-3H3,(H,19,22). The van der Waals surface area contributed by atoms with Crippen molar-refractivity contribution in [2.24, 2.45) is 0 Å². The monoisotopic (exact) mass is 335 g/mol. The maximum absolute atomic E-state index is 14.1. The lowest BCUT2D eigenvalue weighted by molar-refractivity contribution is 0.0188. The Kier molecular flexibility index (Phi) is 4.11. The molecule has 0 atom stereocenters. The first-order chi connectivity index (χ1) is 11.3. The second kappa shape index (κ2) is 5.96. The molecule has 0 unspecified atom stereocenters. The minimum Gasteiger partial charge on any atom is -0.444 e. The van der Waals surface area contributed by atoms with E-state index in [9.17, 15) is 14.0 Å². The van der Waals surface area contributed by atoms with Crippen LogP contribution in [0.25, 0.3) is 11.0 Å². The minimum atomic E-state index is -0.537. The number of para-hydroxylation sites is 1. The Balaban J connectivity index is 1.77. The Hall–Kier alpha value is -2.31. The molecule has 1 aliphatic heterocycles. The molecule has 130 valence electrons. The van der Waals surface area contributed by atoms with E-state index in [0.717, 1.165) is 0 Å². The fourth-order valence-corrected chi connectivity index (χ4v) is 3.12. The summed E-state index contributed by atoms with van der Waals surface area (Å²) in [5.41, 5.74) is -0.0520. The average Bonchev–Trinajstić information content (AvgIpc) is 2.83. The molecule has 1 fully saturated rings. The largest absolute Gasteiger partial charge is 0.444 e. The predicted octanol–water partition coefficient (Wildman–Crippen LogP) is 3.04. The van der Waals surface area contributed by atoms with Gasteiger partial charge in [-0.1, -0.05) is 6.07 Å². The normalized spacial score (nSPS) is 16.6. The van der Waals surface area contributed by atoms with Crippen LogP contribution in [0.1, 0.15) is 39.7 Å². The van der Waals surface area contributed by atoms with E-state index >= 15 is 0 Å². The number of amides is 1. The topological polar surface area (TPSA) is 67.3 Å². The van der Waals surface area contributed by atoms with Gasteiger partial charge in [-0.05, 0) is 45.7 Å². The highest BCUT2D eigenvalue weighted by Crippen LogP contribution is 2.26. The highest BCUT2D eigenvalue weighted by Gasteiger charge is 2.29. The molecule has 0 spiro atoms. The molecular weight excluding hydrogens is 313 g/mol. The number of imidazole rings is 1. The van der Waals surface area contributed by atoms with E-state index < -0.39 is 11.4 Å². The van der Waals surface area contributed by atoms with Crippen LogP contribution in [0.4, 0.5) is 9.18 Å². The van der Waals surface area contributed by atoms with Crippen LogP contribution in [-0.4, -0.2) is 39.2 Å². The van der Waals surface area contributed by atoms with Gasteiger partial charge in [0.25, 0.3) is 0 Å². The van der Waals surface area contributed by atoms with Crippen molar-refractivity contribution < 1.29 is 13.9 Å². The number of nitrogens with zero attached hydrogens (tertiary/aromatic N) is 2. The lowest BCUT2D eigenvalue weighted by Gasteiger charge is -2.33. The van der Waals surface area contributed by atoms with Crippen LogP contribution in [-0.2, 0) is 4.74 Å². The van der Waals surface area contributed by atoms with Gasteiger partial charge in [0.15, 0.2) is 0 Å². The lowest BCUT2D eigenvalue weighted by atomic mass is 10.0. The number of aromatic amines is 1. The Morgan fingerprint density at radius 2 is 1.96 bits per heavy atom. The van der Waals surface area contributed by atoms with Gasteiger partial charge in [0, 0.05) is 19.1 Å². The van der Waals surface area contributed by atoms with Crippen molar-refractivity contribution in [2.75, 3.05) is 13.1 Å². The number of H-pyrrole nitrogens is 1. The van der Waals surface area contributed by atoms with Crippen LogP contribution in [0.3, 0.4) is 0 Å². The number of carbonyl (C=O) groups is 1. The molecule has 3 rings (SSSR count). The zero-order valence-corrected chi connectivity index (χ0v) is 14.1. The van der Waals surface area contributed by atoms with Crippen molar-refractivity contribution in [3.63, 3.8) is 0 Å².